The standard InChI is InChI=1S/C15H18N4O4S/c1-18(2)24(21,22)13-5-3-11(4-6-13)15(20)19-8-7-12(9-19)14-16-10-23-17-14/h3-6,10,12H,7-9H2,1-2H3. The van der Waals surface area contributed by atoms with Crippen LogP contribution >= 0.6 is 0 Å². The van der Waals surface area contributed by atoms with Gasteiger partial charge in [-0.25, -0.2) is 12.7 Å². The van der Waals surface area contributed by atoms with Gasteiger partial charge in [-0.3, -0.25) is 4.79 Å². The molecule has 0 spiro atoms. The molecule has 1 aliphatic rings. The maximum absolute atomic E-state index is 12.6. The zero-order valence-electron chi connectivity index (χ0n) is 13.4. The first-order valence-electron chi connectivity index (χ1n) is 7.47. The summed E-state index contributed by atoms with van der Waals surface area (Å²) in [6.45, 7) is 1.13. The molecule has 0 saturated carbocycles. The van der Waals surface area contributed by atoms with Crippen LogP contribution in [0.2, 0.25) is 0 Å². The molecule has 8 nitrogen and oxygen atoms in total. The second kappa shape index (κ2) is 6.33. The van der Waals surface area contributed by atoms with E-state index in [1.54, 1.807) is 17.0 Å². The summed E-state index contributed by atoms with van der Waals surface area (Å²) in [5, 5.41) is 3.82. The third kappa shape index (κ3) is 3.04. The Kier molecular flexibility index (Phi) is 4.37. The first kappa shape index (κ1) is 16.6. The smallest absolute Gasteiger partial charge is 0.253 e. The van der Waals surface area contributed by atoms with Gasteiger partial charge in [0.15, 0.2) is 5.82 Å². The summed E-state index contributed by atoms with van der Waals surface area (Å²) < 4.78 is 30.0. The molecule has 1 atom stereocenters. The van der Waals surface area contributed by atoms with Gasteiger partial charge in [0, 0.05) is 38.7 Å². The number of benzene rings is 1. The van der Waals surface area contributed by atoms with Crippen molar-refractivity contribution in [1.82, 2.24) is 19.3 Å². The molecule has 9 heteroatoms. The number of rotatable bonds is 4. The highest BCUT2D eigenvalue weighted by atomic mass is 32.2. The molecule has 0 radical (unpaired) electrons. The molecule has 2 aromatic rings. The molecule has 1 amide bonds. The van der Waals surface area contributed by atoms with Crippen molar-refractivity contribution in [2.75, 3.05) is 27.2 Å². The van der Waals surface area contributed by atoms with Crippen LogP contribution < -0.4 is 0 Å². The summed E-state index contributed by atoms with van der Waals surface area (Å²) in [4.78, 5) is 18.5. The number of hydrogen-bond donors (Lipinski definition) is 0. The summed E-state index contributed by atoms with van der Waals surface area (Å²) >= 11 is 0. The molecule has 1 aromatic heterocycles. The predicted molar refractivity (Wildman–Crippen MR) is 84.9 cm³/mol. The van der Waals surface area contributed by atoms with Gasteiger partial charge in [-0.2, -0.15) is 4.98 Å². The zero-order chi connectivity index (χ0) is 17.3. The van der Waals surface area contributed by atoms with E-state index in [-0.39, 0.29) is 16.7 Å². The minimum atomic E-state index is -3.50. The summed E-state index contributed by atoms with van der Waals surface area (Å²) in [6.07, 6.45) is 2.06. The molecule has 1 aromatic carbocycles. The Morgan fingerprint density at radius 3 is 2.58 bits per heavy atom. The number of likely N-dealkylation sites (tertiary alicyclic amines) is 1. The second-order valence-corrected chi connectivity index (χ2v) is 7.99. The van der Waals surface area contributed by atoms with E-state index >= 15 is 0 Å². The Balaban J connectivity index is 1.72. The van der Waals surface area contributed by atoms with E-state index in [1.807, 2.05) is 0 Å². The van der Waals surface area contributed by atoms with Gasteiger partial charge < -0.3 is 9.42 Å². The minimum Gasteiger partial charge on any atom is -0.343 e. The van der Waals surface area contributed by atoms with E-state index in [0.29, 0.717) is 24.5 Å². The highest BCUT2D eigenvalue weighted by molar-refractivity contribution is 7.89. The number of carbonyl (C=O) groups excluding carboxylic acids is 1. The summed E-state index contributed by atoms with van der Waals surface area (Å²) in [5.41, 5.74) is 0.460. The topological polar surface area (TPSA) is 96.6 Å². The van der Waals surface area contributed by atoms with Crippen LogP contribution in [0.4, 0.5) is 0 Å². The lowest BCUT2D eigenvalue weighted by molar-refractivity contribution is 0.0790. The Hall–Kier alpha value is -2.26. The molecule has 1 unspecified atom stereocenters. The summed E-state index contributed by atoms with van der Waals surface area (Å²) in [5.74, 6) is 0.550. The van der Waals surface area contributed by atoms with Crippen molar-refractivity contribution in [3.63, 3.8) is 0 Å². The molecular weight excluding hydrogens is 332 g/mol. The fourth-order valence-electron chi connectivity index (χ4n) is 2.68. The van der Waals surface area contributed by atoms with Gasteiger partial charge in [-0.05, 0) is 30.7 Å². The van der Waals surface area contributed by atoms with Gasteiger partial charge >= 0.3 is 0 Å². The van der Waals surface area contributed by atoms with Crippen LogP contribution in [-0.2, 0) is 10.0 Å². The fourth-order valence-corrected chi connectivity index (χ4v) is 3.58. The molecule has 24 heavy (non-hydrogen) atoms. The number of sulfonamides is 1. The van der Waals surface area contributed by atoms with Crippen LogP contribution in [0.1, 0.15) is 28.5 Å². The summed E-state index contributed by atoms with van der Waals surface area (Å²) in [6, 6.07) is 5.99. The van der Waals surface area contributed by atoms with Crippen molar-refractivity contribution in [2.24, 2.45) is 0 Å². The van der Waals surface area contributed by atoms with Crippen LogP contribution in [0.25, 0.3) is 0 Å². The lowest BCUT2D eigenvalue weighted by atomic mass is 10.1. The molecule has 1 aliphatic heterocycles. The third-order valence-corrected chi connectivity index (χ3v) is 5.93. The largest absolute Gasteiger partial charge is 0.343 e. The van der Waals surface area contributed by atoms with Crippen LogP contribution in [0, 0.1) is 0 Å². The minimum absolute atomic E-state index is 0.0705. The van der Waals surface area contributed by atoms with E-state index in [4.69, 9.17) is 4.52 Å². The summed E-state index contributed by atoms with van der Waals surface area (Å²) in [7, 11) is -0.557. The van der Waals surface area contributed by atoms with Gasteiger partial charge in [-0.1, -0.05) is 5.16 Å². The molecule has 0 aliphatic carbocycles. The Morgan fingerprint density at radius 1 is 1.29 bits per heavy atom. The van der Waals surface area contributed by atoms with Gasteiger partial charge in [0.25, 0.3) is 5.91 Å². The number of nitrogens with zero attached hydrogens (tertiary/aromatic N) is 4. The van der Waals surface area contributed by atoms with Gasteiger partial charge in [0.1, 0.15) is 0 Å². The van der Waals surface area contributed by atoms with Crippen molar-refractivity contribution in [2.45, 2.75) is 17.2 Å². The van der Waals surface area contributed by atoms with Crippen molar-refractivity contribution in [3.05, 3.63) is 42.0 Å². The van der Waals surface area contributed by atoms with E-state index in [1.165, 1.54) is 32.6 Å². The molecular formula is C15H18N4O4S. The Morgan fingerprint density at radius 2 is 2.00 bits per heavy atom. The van der Waals surface area contributed by atoms with Crippen LogP contribution in [0.15, 0.2) is 40.1 Å². The van der Waals surface area contributed by atoms with Crippen molar-refractivity contribution < 1.29 is 17.7 Å². The third-order valence-electron chi connectivity index (χ3n) is 4.10. The Bertz CT molecular complexity index is 816. The van der Waals surface area contributed by atoms with Gasteiger partial charge in [-0.15, -0.1) is 0 Å². The Labute approximate surface area is 140 Å². The zero-order valence-corrected chi connectivity index (χ0v) is 14.2. The van der Waals surface area contributed by atoms with Crippen molar-refractivity contribution >= 4 is 15.9 Å². The molecule has 1 saturated heterocycles. The van der Waals surface area contributed by atoms with E-state index in [2.05, 4.69) is 10.1 Å². The normalized spacial score (nSPS) is 18.3. The lowest BCUT2D eigenvalue weighted by Crippen LogP contribution is -2.28. The number of carbonyl (C=O) groups is 1. The second-order valence-electron chi connectivity index (χ2n) is 5.84. The average molecular weight is 350 g/mol. The molecule has 0 bridgehead atoms. The average Bonchev–Trinajstić information content (AvgIpc) is 3.25. The molecule has 3 rings (SSSR count). The predicted octanol–water partition coefficient (Wildman–Crippen LogP) is 0.950. The van der Waals surface area contributed by atoms with Crippen molar-refractivity contribution in [1.29, 1.82) is 0 Å². The number of aromatic nitrogens is 2. The SMILES string of the molecule is CN(C)S(=O)(=O)c1ccc(C(=O)N2CCC(c3ncon3)C2)cc1. The first-order valence-corrected chi connectivity index (χ1v) is 8.91. The van der Waals surface area contributed by atoms with E-state index in [0.717, 1.165) is 10.7 Å². The van der Waals surface area contributed by atoms with E-state index < -0.39 is 10.0 Å². The van der Waals surface area contributed by atoms with E-state index in [9.17, 15) is 13.2 Å². The monoisotopic (exact) mass is 350 g/mol. The van der Waals surface area contributed by atoms with Crippen LogP contribution in [0.3, 0.4) is 0 Å². The quantitative estimate of drug-likeness (QED) is 0.814. The maximum atomic E-state index is 12.6. The lowest BCUT2D eigenvalue weighted by Gasteiger charge is -2.16. The number of amides is 1. The van der Waals surface area contributed by atoms with Crippen LogP contribution in [0.5, 0.6) is 0 Å². The van der Waals surface area contributed by atoms with Gasteiger partial charge in [0.2, 0.25) is 16.4 Å². The molecule has 0 N–H and O–H groups in total. The molecule has 1 fully saturated rings. The molecule has 2 heterocycles. The number of hydrogen-bond acceptors (Lipinski definition) is 6. The first-order chi connectivity index (χ1) is 11.4. The highest BCUT2D eigenvalue weighted by Gasteiger charge is 2.30. The molecule has 128 valence electrons. The fraction of sp³-hybridized carbons (Fsp3) is 0.400. The van der Waals surface area contributed by atoms with Gasteiger partial charge in [0.05, 0.1) is 4.90 Å². The highest BCUT2D eigenvalue weighted by Crippen LogP contribution is 2.26. The maximum Gasteiger partial charge on any atom is 0.253 e. The van der Waals surface area contributed by atoms with Crippen molar-refractivity contribution in [3.8, 4) is 0 Å². The van der Waals surface area contributed by atoms with Crippen LogP contribution in [-0.4, -0.2) is 60.9 Å².